The minimum atomic E-state index is -4.75. The van der Waals surface area contributed by atoms with E-state index >= 15 is 0 Å². The molecule has 1 fully saturated rings. The second-order valence-corrected chi connectivity index (χ2v) is 9.21. The average molecular weight is 520 g/mol. The largest absolute Gasteiger partial charge is 0.399 e. The molecule has 0 spiro atoms. The lowest BCUT2D eigenvalue weighted by atomic mass is 9.88. The van der Waals surface area contributed by atoms with Crippen LogP contribution in [0.15, 0.2) is 47.6 Å². The Kier molecular flexibility index (Phi) is 7.09. The van der Waals surface area contributed by atoms with Gasteiger partial charge in [0.1, 0.15) is 11.6 Å². The van der Waals surface area contributed by atoms with Gasteiger partial charge in [-0.2, -0.15) is 18.3 Å². The first kappa shape index (κ1) is 24.1. The molecule has 2 aromatic carbocycles. The van der Waals surface area contributed by atoms with Crippen molar-refractivity contribution in [1.29, 1.82) is 0 Å². The topological polar surface area (TPSA) is 47.9 Å². The number of hydrogen-bond donors (Lipinski definition) is 1. The van der Waals surface area contributed by atoms with Crippen molar-refractivity contribution < 1.29 is 18.0 Å². The minimum Gasteiger partial charge on any atom is -0.284 e. The molecule has 1 saturated heterocycles. The number of carbonyl (C=O) groups is 1. The Labute approximate surface area is 204 Å². The third kappa shape index (κ3) is 5.24. The fraction of sp³-hybridized carbons (Fsp3) is 0.364. The quantitative estimate of drug-likeness (QED) is 0.519. The number of amides is 1. The van der Waals surface area contributed by atoms with Crippen molar-refractivity contribution in [3.8, 4) is 0 Å². The van der Waals surface area contributed by atoms with Crippen LogP contribution in [0.2, 0.25) is 15.1 Å². The summed E-state index contributed by atoms with van der Waals surface area (Å²) in [5.74, 6) is -3.07. The van der Waals surface area contributed by atoms with Crippen LogP contribution < -0.4 is 10.4 Å². The molecule has 5 nitrogen and oxygen atoms in total. The molecule has 1 amide bonds. The van der Waals surface area contributed by atoms with Gasteiger partial charge >= 0.3 is 6.18 Å². The summed E-state index contributed by atoms with van der Waals surface area (Å²) in [4.78, 5) is 13.0. The first-order valence-corrected chi connectivity index (χ1v) is 11.5. The van der Waals surface area contributed by atoms with Gasteiger partial charge in [0.2, 0.25) is 0 Å². The number of carbonyl (C=O) groups excluding carboxylic acids is 1. The number of nitrogens with zero attached hydrogens (tertiary/aromatic N) is 3. The van der Waals surface area contributed by atoms with Crippen molar-refractivity contribution in [2.45, 2.75) is 31.5 Å². The smallest absolute Gasteiger partial charge is 0.284 e. The van der Waals surface area contributed by atoms with Crippen LogP contribution in [0.5, 0.6) is 0 Å². The predicted molar refractivity (Wildman–Crippen MR) is 124 cm³/mol. The molecule has 0 bridgehead atoms. The first-order valence-electron chi connectivity index (χ1n) is 10.4. The Morgan fingerprint density at radius 2 is 1.61 bits per heavy atom. The molecule has 2 heterocycles. The third-order valence-electron chi connectivity index (χ3n) is 5.66. The van der Waals surface area contributed by atoms with Crippen LogP contribution >= 0.6 is 34.8 Å². The zero-order valence-corrected chi connectivity index (χ0v) is 19.5. The maximum atomic E-state index is 14.4. The fourth-order valence-electron chi connectivity index (χ4n) is 4.12. The Balaban J connectivity index is 1.79. The highest BCUT2D eigenvalue weighted by molar-refractivity contribution is 6.41. The van der Waals surface area contributed by atoms with E-state index in [9.17, 15) is 18.0 Å². The molecule has 0 saturated carbocycles. The normalized spacial score (nSPS) is 21.8. The Hall–Kier alpha value is -2.00. The van der Waals surface area contributed by atoms with Crippen LogP contribution in [-0.2, 0) is 4.79 Å². The second-order valence-electron chi connectivity index (χ2n) is 7.93. The number of benzene rings is 2. The van der Waals surface area contributed by atoms with E-state index in [0.29, 0.717) is 23.1 Å². The molecule has 2 aliphatic heterocycles. The molecule has 2 atom stereocenters. The maximum absolute atomic E-state index is 14.4. The summed E-state index contributed by atoms with van der Waals surface area (Å²) in [5, 5.41) is 7.77. The monoisotopic (exact) mass is 518 g/mol. The van der Waals surface area contributed by atoms with Crippen molar-refractivity contribution in [3.05, 3.63) is 63.1 Å². The maximum Gasteiger partial charge on any atom is 0.399 e. The molecule has 33 heavy (non-hydrogen) atoms. The van der Waals surface area contributed by atoms with E-state index in [0.717, 1.165) is 24.3 Å². The number of anilines is 1. The summed E-state index contributed by atoms with van der Waals surface area (Å²) in [7, 11) is 0. The molecule has 0 unspecified atom stereocenters. The summed E-state index contributed by atoms with van der Waals surface area (Å²) in [6.45, 7) is 1.14. The first-order chi connectivity index (χ1) is 15.6. The van der Waals surface area contributed by atoms with Crippen molar-refractivity contribution in [3.63, 3.8) is 0 Å². The predicted octanol–water partition coefficient (Wildman–Crippen LogP) is 6.26. The van der Waals surface area contributed by atoms with Crippen molar-refractivity contribution in [2.24, 2.45) is 11.0 Å². The van der Waals surface area contributed by atoms with Gasteiger partial charge in [0.25, 0.3) is 5.91 Å². The van der Waals surface area contributed by atoms with Crippen molar-refractivity contribution >= 4 is 52.1 Å². The number of alkyl halides is 3. The van der Waals surface area contributed by atoms with Gasteiger partial charge in [-0.3, -0.25) is 15.2 Å². The van der Waals surface area contributed by atoms with Crippen LogP contribution in [0.25, 0.3) is 0 Å². The van der Waals surface area contributed by atoms with Gasteiger partial charge in [-0.05, 0) is 48.7 Å². The van der Waals surface area contributed by atoms with Gasteiger partial charge < -0.3 is 0 Å². The fourth-order valence-corrected chi connectivity index (χ4v) is 4.74. The molecular weight excluding hydrogens is 500 g/mol. The molecule has 176 valence electrons. The average Bonchev–Trinajstić information content (AvgIpc) is 3.16. The van der Waals surface area contributed by atoms with Gasteiger partial charge in [0.15, 0.2) is 0 Å². The summed E-state index contributed by atoms with van der Waals surface area (Å²) in [6.07, 6.45) is -2.03. The molecule has 0 aliphatic carbocycles. The van der Waals surface area contributed by atoms with Crippen molar-refractivity contribution in [1.82, 2.24) is 10.4 Å². The van der Waals surface area contributed by atoms with E-state index in [-0.39, 0.29) is 16.3 Å². The standard InChI is InChI=1S/C22H20Cl3F3N4O/c23-14-6-4-13(5-7-14)20-18(22(26,27)28)19(21(33)30-31-10-2-1-3-11-31)29-32(20)17-9-8-15(24)12-16(17)25/h4-9,12,18,20H,1-3,10-11H2,(H,30,33)/t18-,20-/m0/s1. The Morgan fingerprint density at radius 1 is 0.970 bits per heavy atom. The van der Waals surface area contributed by atoms with Gasteiger partial charge in [0.05, 0.1) is 16.8 Å². The van der Waals surface area contributed by atoms with Crippen molar-refractivity contribution in [2.75, 3.05) is 18.1 Å². The number of piperidine rings is 1. The van der Waals surface area contributed by atoms with Gasteiger partial charge in [0, 0.05) is 23.1 Å². The molecule has 2 aliphatic rings. The molecule has 0 aromatic heterocycles. The van der Waals surface area contributed by atoms with E-state index in [1.165, 1.54) is 42.5 Å². The lowest BCUT2D eigenvalue weighted by molar-refractivity contribution is -0.160. The van der Waals surface area contributed by atoms with Crippen LogP contribution in [0, 0.1) is 5.92 Å². The second kappa shape index (κ2) is 9.70. The van der Waals surface area contributed by atoms with Gasteiger partial charge in [-0.1, -0.05) is 53.4 Å². The highest BCUT2D eigenvalue weighted by Crippen LogP contribution is 2.48. The third-order valence-corrected chi connectivity index (χ3v) is 6.45. The minimum absolute atomic E-state index is 0.115. The number of rotatable bonds is 4. The zero-order chi connectivity index (χ0) is 23.8. The van der Waals surface area contributed by atoms with Crippen LogP contribution in [0.4, 0.5) is 18.9 Å². The van der Waals surface area contributed by atoms with E-state index in [1.807, 2.05) is 0 Å². The molecule has 0 radical (unpaired) electrons. The highest BCUT2D eigenvalue weighted by atomic mass is 35.5. The molecule has 2 aromatic rings. The summed E-state index contributed by atoms with van der Waals surface area (Å²) < 4.78 is 43.3. The Bertz CT molecular complexity index is 1060. The summed E-state index contributed by atoms with van der Waals surface area (Å²) >= 11 is 18.3. The zero-order valence-electron chi connectivity index (χ0n) is 17.2. The van der Waals surface area contributed by atoms with Crippen LogP contribution in [0.1, 0.15) is 30.9 Å². The molecule has 1 N–H and O–H groups in total. The number of nitrogens with one attached hydrogen (secondary N) is 1. The van der Waals surface area contributed by atoms with Gasteiger partial charge in [-0.15, -0.1) is 0 Å². The number of hydrazine groups is 1. The molecular formula is C22H20Cl3F3N4O. The summed E-state index contributed by atoms with van der Waals surface area (Å²) in [6, 6.07) is 9.02. The number of halogens is 6. The highest BCUT2D eigenvalue weighted by Gasteiger charge is 2.56. The van der Waals surface area contributed by atoms with E-state index in [2.05, 4.69) is 10.5 Å². The van der Waals surface area contributed by atoms with E-state index in [1.54, 1.807) is 5.01 Å². The number of hydrogen-bond acceptors (Lipinski definition) is 4. The lowest BCUT2D eigenvalue weighted by Crippen LogP contribution is -2.50. The van der Waals surface area contributed by atoms with E-state index < -0.39 is 29.8 Å². The summed E-state index contributed by atoms with van der Waals surface area (Å²) in [5.41, 5.74) is 2.47. The lowest BCUT2D eigenvalue weighted by Gasteiger charge is -2.30. The Morgan fingerprint density at radius 3 is 2.21 bits per heavy atom. The van der Waals surface area contributed by atoms with E-state index in [4.69, 9.17) is 34.8 Å². The molecule has 4 rings (SSSR count). The van der Waals surface area contributed by atoms with Crippen LogP contribution in [0.3, 0.4) is 0 Å². The van der Waals surface area contributed by atoms with Gasteiger partial charge in [-0.25, -0.2) is 5.01 Å². The van der Waals surface area contributed by atoms with Crippen LogP contribution in [-0.4, -0.2) is 35.9 Å². The number of hydrazone groups is 1. The SMILES string of the molecule is O=C(NN1CCCCC1)C1=NN(c2ccc(Cl)cc2Cl)[C@@H](c2ccc(Cl)cc2)[C@H]1C(F)(F)F. The molecule has 11 heteroatoms.